The fraction of sp³-hybridized carbons (Fsp3) is 0.944. The molecule has 1 saturated carbocycles. The van der Waals surface area contributed by atoms with Crippen LogP contribution in [-0.4, -0.2) is 49.1 Å². The van der Waals surface area contributed by atoms with E-state index in [4.69, 9.17) is 0 Å². The topological polar surface area (TPSA) is 30.3 Å². The molecule has 3 nitrogen and oxygen atoms in total. The van der Waals surface area contributed by atoms with Crippen LogP contribution in [0.2, 0.25) is 0 Å². The monoisotopic (exact) mass is 291 g/mol. The highest BCUT2D eigenvalue weighted by Gasteiger charge is 2.42. The van der Waals surface area contributed by atoms with Crippen molar-refractivity contribution in [2.45, 2.75) is 59.0 Å². The van der Waals surface area contributed by atoms with Crippen molar-refractivity contribution in [3.63, 3.8) is 0 Å². The molecule has 1 aliphatic heterocycles. The zero-order chi connectivity index (χ0) is 15.8. The van der Waals surface area contributed by atoms with E-state index >= 15 is 0 Å². The van der Waals surface area contributed by atoms with Crippen LogP contribution in [0, 0.1) is 34.5 Å². The van der Waals surface area contributed by atoms with Gasteiger partial charge in [0.05, 0.1) is 12.0 Å². The van der Waals surface area contributed by atoms with Crippen LogP contribution in [0.1, 0.15) is 47.0 Å². The van der Waals surface area contributed by atoms with Crippen LogP contribution in [0.25, 0.3) is 0 Å². The highest BCUT2D eigenvalue weighted by molar-refractivity contribution is 5.02. The first-order chi connectivity index (χ1) is 9.74. The molecule has 0 N–H and O–H groups in total. The first-order valence-electron chi connectivity index (χ1n) is 8.54. The summed E-state index contributed by atoms with van der Waals surface area (Å²) in [7, 11) is 4.37. The van der Waals surface area contributed by atoms with E-state index in [0.29, 0.717) is 23.4 Å². The second kappa shape index (κ2) is 6.26. The van der Waals surface area contributed by atoms with E-state index in [0.717, 1.165) is 25.4 Å². The summed E-state index contributed by atoms with van der Waals surface area (Å²) in [5.74, 6) is 1.69. The molecular formula is C18H33N3. The third-order valence-corrected chi connectivity index (χ3v) is 5.94. The lowest BCUT2D eigenvalue weighted by molar-refractivity contribution is 0.0698. The van der Waals surface area contributed by atoms with E-state index in [-0.39, 0.29) is 5.92 Å². The van der Waals surface area contributed by atoms with Gasteiger partial charge in [-0.3, -0.25) is 4.90 Å². The van der Waals surface area contributed by atoms with Crippen LogP contribution < -0.4 is 0 Å². The van der Waals surface area contributed by atoms with Crippen molar-refractivity contribution in [2.75, 3.05) is 27.2 Å². The molecule has 0 bridgehead atoms. The van der Waals surface area contributed by atoms with Crippen molar-refractivity contribution in [1.29, 1.82) is 5.26 Å². The molecule has 1 heterocycles. The molecule has 0 aromatic rings. The van der Waals surface area contributed by atoms with Gasteiger partial charge in [0.25, 0.3) is 0 Å². The summed E-state index contributed by atoms with van der Waals surface area (Å²) in [5.41, 5.74) is 0.366. The maximum absolute atomic E-state index is 9.56. The van der Waals surface area contributed by atoms with Crippen molar-refractivity contribution >= 4 is 0 Å². The van der Waals surface area contributed by atoms with E-state index in [9.17, 15) is 5.26 Å². The molecule has 21 heavy (non-hydrogen) atoms. The van der Waals surface area contributed by atoms with E-state index < -0.39 is 0 Å². The minimum absolute atomic E-state index is 0.233. The van der Waals surface area contributed by atoms with Gasteiger partial charge in [-0.15, -0.1) is 0 Å². The summed E-state index contributed by atoms with van der Waals surface area (Å²) >= 11 is 0. The van der Waals surface area contributed by atoms with Crippen LogP contribution in [0.4, 0.5) is 0 Å². The first-order valence-corrected chi connectivity index (χ1v) is 8.54. The Kier molecular flexibility index (Phi) is 5.00. The van der Waals surface area contributed by atoms with Gasteiger partial charge in [0.1, 0.15) is 0 Å². The second-order valence-corrected chi connectivity index (χ2v) is 8.64. The van der Waals surface area contributed by atoms with Crippen LogP contribution in [-0.2, 0) is 0 Å². The van der Waals surface area contributed by atoms with Gasteiger partial charge >= 0.3 is 0 Å². The quantitative estimate of drug-likeness (QED) is 0.782. The molecule has 5 unspecified atom stereocenters. The zero-order valence-corrected chi connectivity index (χ0v) is 14.8. The number of hydrogen-bond acceptors (Lipinski definition) is 3. The Labute approximate surface area is 131 Å². The van der Waals surface area contributed by atoms with Gasteiger partial charge in [-0.25, -0.2) is 0 Å². The maximum Gasteiger partial charge on any atom is 0.0672 e. The summed E-state index contributed by atoms with van der Waals surface area (Å²) < 4.78 is 0. The molecule has 1 aliphatic carbocycles. The van der Waals surface area contributed by atoms with Gasteiger partial charge in [-0.2, -0.15) is 5.26 Å². The standard InChI is InChI=1S/C18H33N3/c1-13-11-21(12-17(13)20(5)6)16-9-15(18(2,3)4)8-7-14(16)10-19/h13-17H,7-9,11-12H2,1-6H3. The summed E-state index contributed by atoms with van der Waals surface area (Å²) in [6, 6.07) is 3.72. The van der Waals surface area contributed by atoms with Crippen molar-refractivity contribution < 1.29 is 0 Å². The molecule has 2 aliphatic rings. The number of likely N-dealkylation sites (tertiary alicyclic amines) is 1. The normalized spacial score (nSPS) is 38.7. The molecule has 0 aromatic carbocycles. The van der Waals surface area contributed by atoms with Gasteiger partial charge < -0.3 is 4.90 Å². The third kappa shape index (κ3) is 3.60. The second-order valence-electron chi connectivity index (χ2n) is 8.64. The predicted molar refractivity (Wildman–Crippen MR) is 87.9 cm³/mol. The molecule has 2 fully saturated rings. The lowest BCUT2D eigenvalue weighted by atomic mass is 9.68. The van der Waals surface area contributed by atoms with Gasteiger partial charge in [-0.05, 0) is 50.6 Å². The van der Waals surface area contributed by atoms with Crippen LogP contribution >= 0.6 is 0 Å². The lowest BCUT2D eigenvalue weighted by Gasteiger charge is -2.43. The van der Waals surface area contributed by atoms with E-state index in [1.54, 1.807) is 0 Å². The molecule has 2 rings (SSSR count). The maximum atomic E-state index is 9.56. The zero-order valence-electron chi connectivity index (χ0n) is 14.8. The largest absolute Gasteiger partial charge is 0.305 e. The third-order valence-electron chi connectivity index (χ3n) is 5.94. The predicted octanol–water partition coefficient (Wildman–Crippen LogP) is 3.22. The average molecular weight is 291 g/mol. The highest BCUT2D eigenvalue weighted by atomic mass is 15.3. The van der Waals surface area contributed by atoms with Crippen molar-refractivity contribution in [1.82, 2.24) is 9.80 Å². The fourth-order valence-electron chi connectivity index (χ4n) is 4.42. The SMILES string of the molecule is CC1CN(C2CC(C(C)(C)C)CCC2C#N)CC1N(C)C. The lowest BCUT2D eigenvalue weighted by Crippen LogP contribution is -2.46. The molecule has 0 aromatic heterocycles. The van der Waals surface area contributed by atoms with Crippen LogP contribution in [0.5, 0.6) is 0 Å². The highest BCUT2D eigenvalue weighted by Crippen LogP contribution is 2.42. The van der Waals surface area contributed by atoms with Crippen LogP contribution in [0.3, 0.4) is 0 Å². The van der Waals surface area contributed by atoms with Crippen molar-refractivity contribution in [3.8, 4) is 6.07 Å². The molecule has 120 valence electrons. The molecule has 0 radical (unpaired) electrons. The Balaban J connectivity index is 2.10. The molecule has 5 atom stereocenters. The van der Waals surface area contributed by atoms with Gasteiger partial charge in [-0.1, -0.05) is 27.7 Å². The van der Waals surface area contributed by atoms with Gasteiger partial charge in [0.15, 0.2) is 0 Å². The van der Waals surface area contributed by atoms with Gasteiger partial charge in [0, 0.05) is 25.2 Å². The summed E-state index contributed by atoms with van der Waals surface area (Å²) in [4.78, 5) is 4.98. The number of rotatable bonds is 2. The molecule has 3 heteroatoms. The summed E-state index contributed by atoms with van der Waals surface area (Å²) in [5, 5.41) is 9.56. The fourth-order valence-corrected chi connectivity index (χ4v) is 4.42. The smallest absolute Gasteiger partial charge is 0.0672 e. The van der Waals surface area contributed by atoms with Crippen molar-refractivity contribution in [3.05, 3.63) is 0 Å². The van der Waals surface area contributed by atoms with Gasteiger partial charge in [0.2, 0.25) is 0 Å². The van der Waals surface area contributed by atoms with E-state index in [1.807, 2.05) is 0 Å². The Hall–Kier alpha value is -0.590. The number of hydrogen-bond donors (Lipinski definition) is 0. The van der Waals surface area contributed by atoms with Crippen LogP contribution in [0.15, 0.2) is 0 Å². The molecule has 0 amide bonds. The van der Waals surface area contributed by atoms with E-state index in [2.05, 4.69) is 57.7 Å². The Morgan fingerprint density at radius 1 is 1.14 bits per heavy atom. The molecule has 0 spiro atoms. The first kappa shape index (κ1) is 16.8. The number of likely N-dealkylation sites (N-methyl/N-ethyl adjacent to an activating group) is 1. The molecular weight excluding hydrogens is 258 g/mol. The minimum atomic E-state index is 0.233. The number of nitriles is 1. The van der Waals surface area contributed by atoms with E-state index in [1.165, 1.54) is 12.8 Å². The molecule has 1 saturated heterocycles. The minimum Gasteiger partial charge on any atom is -0.305 e. The Bertz CT molecular complexity index is 390. The Morgan fingerprint density at radius 2 is 1.81 bits per heavy atom. The summed E-state index contributed by atoms with van der Waals surface area (Å²) in [6.45, 7) is 11.7. The van der Waals surface area contributed by atoms with Crippen molar-refractivity contribution in [2.24, 2.45) is 23.2 Å². The Morgan fingerprint density at radius 3 is 2.29 bits per heavy atom. The number of nitrogens with zero attached hydrogens (tertiary/aromatic N) is 3. The summed E-state index contributed by atoms with van der Waals surface area (Å²) in [6.07, 6.45) is 3.51. The average Bonchev–Trinajstić information content (AvgIpc) is 2.79.